The summed E-state index contributed by atoms with van der Waals surface area (Å²) in [4.78, 5) is 20.4. The number of fused-ring (bicyclic) bond motifs is 1. The van der Waals surface area contributed by atoms with E-state index >= 15 is 0 Å². The van der Waals surface area contributed by atoms with Gasteiger partial charge in [-0.25, -0.2) is 18.4 Å². The third-order valence-corrected chi connectivity index (χ3v) is 6.50. The molecular weight excluding hydrogens is 438 g/mol. The second-order valence-corrected chi connectivity index (χ2v) is 9.28. The smallest absolute Gasteiger partial charge is 0.263 e. The lowest BCUT2D eigenvalue weighted by atomic mass is 10.1. The highest BCUT2D eigenvalue weighted by atomic mass is 32.2. The molecule has 0 bridgehead atoms. The Balaban J connectivity index is 1.73. The minimum absolute atomic E-state index is 0.0317. The molecule has 0 unspecified atom stereocenters. The van der Waals surface area contributed by atoms with Crippen molar-refractivity contribution in [2.24, 2.45) is 0 Å². The third-order valence-electron chi connectivity index (χ3n) is 5.14. The van der Waals surface area contributed by atoms with Gasteiger partial charge in [0.05, 0.1) is 15.9 Å². The first-order valence-corrected chi connectivity index (χ1v) is 11.7. The van der Waals surface area contributed by atoms with Crippen molar-refractivity contribution in [2.75, 3.05) is 15.4 Å². The first kappa shape index (κ1) is 22.2. The first-order chi connectivity index (χ1) is 15.7. The van der Waals surface area contributed by atoms with Crippen molar-refractivity contribution >= 4 is 50.0 Å². The van der Waals surface area contributed by atoms with Gasteiger partial charge in [-0.05, 0) is 67.4 Å². The molecule has 4 rings (SSSR count). The van der Waals surface area contributed by atoms with Crippen LogP contribution in [-0.4, -0.2) is 24.3 Å². The maximum absolute atomic E-state index is 13.1. The number of hydrogen-bond acceptors (Lipinski definition) is 6. The van der Waals surface area contributed by atoms with Crippen LogP contribution in [0, 0.1) is 13.8 Å². The van der Waals surface area contributed by atoms with Crippen molar-refractivity contribution in [3.05, 3.63) is 77.9 Å². The van der Waals surface area contributed by atoms with E-state index in [1.165, 1.54) is 31.2 Å². The van der Waals surface area contributed by atoms with Crippen LogP contribution in [0.1, 0.15) is 18.1 Å². The summed E-state index contributed by atoms with van der Waals surface area (Å²) in [6.07, 6.45) is 0. The number of hydrogen-bond donors (Lipinski definition) is 3. The molecule has 0 radical (unpaired) electrons. The molecule has 8 nitrogen and oxygen atoms in total. The van der Waals surface area contributed by atoms with Gasteiger partial charge in [0.15, 0.2) is 11.6 Å². The number of rotatable bonds is 6. The first-order valence-electron chi connectivity index (χ1n) is 10.2. The molecule has 33 heavy (non-hydrogen) atoms. The number of nitrogens with zero attached hydrogens (tertiary/aromatic N) is 2. The average molecular weight is 462 g/mol. The van der Waals surface area contributed by atoms with Gasteiger partial charge in [0.2, 0.25) is 5.91 Å². The number of sulfonamides is 1. The van der Waals surface area contributed by atoms with Crippen LogP contribution >= 0.6 is 0 Å². The van der Waals surface area contributed by atoms with Gasteiger partial charge in [-0.1, -0.05) is 24.3 Å². The van der Waals surface area contributed by atoms with Crippen molar-refractivity contribution in [3.63, 3.8) is 0 Å². The van der Waals surface area contributed by atoms with Gasteiger partial charge in [0, 0.05) is 18.3 Å². The van der Waals surface area contributed by atoms with E-state index in [2.05, 4.69) is 25.3 Å². The Morgan fingerprint density at radius 2 is 1.45 bits per heavy atom. The maximum Gasteiger partial charge on any atom is 0.263 e. The third kappa shape index (κ3) is 4.93. The number of amides is 1. The fourth-order valence-electron chi connectivity index (χ4n) is 3.28. The molecule has 0 aliphatic carbocycles. The largest absolute Gasteiger partial charge is 0.337 e. The van der Waals surface area contributed by atoms with Gasteiger partial charge < -0.3 is 10.6 Å². The molecule has 0 fully saturated rings. The van der Waals surface area contributed by atoms with E-state index in [0.29, 0.717) is 22.5 Å². The van der Waals surface area contributed by atoms with Crippen molar-refractivity contribution in [3.8, 4) is 0 Å². The summed E-state index contributed by atoms with van der Waals surface area (Å²) in [5.41, 5.74) is 4.62. The number of aromatic nitrogens is 2. The Hall–Kier alpha value is -3.98. The van der Waals surface area contributed by atoms with Crippen LogP contribution in [0.4, 0.5) is 23.0 Å². The number of benzene rings is 3. The number of carbonyl (C=O) groups is 1. The Morgan fingerprint density at radius 1 is 0.818 bits per heavy atom. The summed E-state index contributed by atoms with van der Waals surface area (Å²) < 4.78 is 28.8. The van der Waals surface area contributed by atoms with Crippen molar-refractivity contribution < 1.29 is 13.2 Å². The fraction of sp³-hybridized carbons (Fsp3) is 0.125. The van der Waals surface area contributed by atoms with E-state index < -0.39 is 10.0 Å². The van der Waals surface area contributed by atoms with Crippen LogP contribution in [-0.2, 0) is 14.8 Å². The summed E-state index contributed by atoms with van der Waals surface area (Å²) >= 11 is 0. The lowest BCUT2D eigenvalue weighted by Crippen LogP contribution is -2.16. The van der Waals surface area contributed by atoms with Crippen molar-refractivity contribution in [1.29, 1.82) is 0 Å². The second-order valence-electron chi connectivity index (χ2n) is 7.59. The highest BCUT2D eigenvalue weighted by Crippen LogP contribution is 2.29. The summed E-state index contributed by atoms with van der Waals surface area (Å²) in [6, 6.07) is 18.9. The number of para-hydroxylation sites is 2. The van der Waals surface area contributed by atoms with Gasteiger partial charge in [-0.2, -0.15) is 0 Å². The molecule has 1 aromatic heterocycles. The van der Waals surface area contributed by atoms with Crippen LogP contribution in [0.3, 0.4) is 0 Å². The summed E-state index contributed by atoms with van der Waals surface area (Å²) in [5, 5.41) is 5.84. The predicted molar refractivity (Wildman–Crippen MR) is 130 cm³/mol. The molecule has 3 N–H and O–H groups in total. The van der Waals surface area contributed by atoms with E-state index in [-0.39, 0.29) is 16.6 Å². The monoisotopic (exact) mass is 461 g/mol. The molecule has 0 saturated heterocycles. The van der Waals surface area contributed by atoms with Gasteiger partial charge in [-0.15, -0.1) is 0 Å². The Labute approximate surface area is 192 Å². The zero-order valence-corrected chi connectivity index (χ0v) is 19.2. The molecule has 0 aliphatic heterocycles. The molecule has 168 valence electrons. The number of carbonyl (C=O) groups excluding carboxylic acids is 1. The maximum atomic E-state index is 13.1. The number of aryl methyl sites for hydroxylation is 1. The molecule has 0 atom stereocenters. The molecule has 1 heterocycles. The normalized spacial score (nSPS) is 11.2. The lowest BCUT2D eigenvalue weighted by molar-refractivity contribution is -0.114. The van der Waals surface area contributed by atoms with Gasteiger partial charge in [0.25, 0.3) is 10.0 Å². The summed E-state index contributed by atoms with van der Waals surface area (Å²) in [6.45, 7) is 5.36. The zero-order valence-electron chi connectivity index (χ0n) is 18.4. The van der Waals surface area contributed by atoms with Crippen molar-refractivity contribution in [1.82, 2.24) is 9.97 Å². The molecule has 0 spiro atoms. The second kappa shape index (κ2) is 8.87. The van der Waals surface area contributed by atoms with Gasteiger partial charge in [-0.3, -0.25) is 9.52 Å². The van der Waals surface area contributed by atoms with Crippen LogP contribution < -0.4 is 15.4 Å². The fourth-order valence-corrected chi connectivity index (χ4v) is 4.29. The topological polar surface area (TPSA) is 113 Å². The van der Waals surface area contributed by atoms with E-state index in [4.69, 9.17) is 0 Å². The molecule has 0 aliphatic rings. The quantitative estimate of drug-likeness (QED) is 0.382. The number of nitrogens with one attached hydrogen (secondary N) is 3. The van der Waals surface area contributed by atoms with Crippen LogP contribution in [0.5, 0.6) is 0 Å². The number of anilines is 4. The SMILES string of the molecule is CC(=O)Nc1ccc(S(=O)(=O)Nc2nc3ccccc3nc2Nc2cccc(C)c2C)cc1. The molecule has 1 amide bonds. The lowest BCUT2D eigenvalue weighted by Gasteiger charge is -2.16. The average Bonchev–Trinajstić information content (AvgIpc) is 2.77. The summed E-state index contributed by atoms with van der Waals surface area (Å²) in [7, 11) is -3.97. The highest BCUT2D eigenvalue weighted by Gasteiger charge is 2.19. The molecule has 0 saturated carbocycles. The molecule has 3 aromatic carbocycles. The van der Waals surface area contributed by atoms with E-state index in [9.17, 15) is 13.2 Å². The summed E-state index contributed by atoms with van der Waals surface area (Å²) in [5.74, 6) is 0.138. The van der Waals surface area contributed by atoms with Gasteiger partial charge >= 0.3 is 0 Å². The van der Waals surface area contributed by atoms with Gasteiger partial charge in [0.1, 0.15) is 0 Å². The van der Waals surface area contributed by atoms with E-state index in [0.717, 1.165) is 16.8 Å². The Morgan fingerprint density at radius 3 is 2.09 bits per heavy atom. The van der Waals surface area contributed by atoms with Crippen LogP contribution in [0.25, 0.3) is 11.0 Å². The minimum atomic E-state index is -3.97. The standard InChI is InChI=1S/C24H23N5O3S/c1-15-7-6-10-20(16(15)2)26-23-24(28-22-9-5-4-8-21(22)27-23)29-33(31,32)19-13-11-18(12-14-19)25-17(3)30/h4-14H,1-3H3,(H,25,30)(H,26,27)(H,28,29). The molecule has 9 heteroatoms. The highest BCUT2D eigenvalue weighted by molar-refractivity contribution is 7.92. The predicted octanol–water partition coefficient (Wildman–Crippen LogP) is 4.75. The van der Waals surface area contributed by atoms with Crippen LogP contribution in [0.15, 0.2) is 71.6 Å². The molecular formula is C24H23N5O3S. The zero-order chi connectivity index (χ0) is 23.6. The minimum Gasteiger partial charge on any atom is -0.337 e. The Kier molecular flexibility index (Phi) is 5.97. The van der Waals surface area contributed by atoms with E-state index in [1.807, 2.05) is 50.2 Å². The van der Waals surface area contributed by atoms with Crippen molar-refractivity contribution in [2.45, 2.75) is 25.7 Å². The van der Waals surface area contributed by atoms with Crippen LogP contribution in [0.2, 0.25) is 0 Å². The molecule has 4 aromatic rings. The Bertz CT molecular complexity index is 1450. The van der Waals surface area contributed by atoms with E-state index in [1.54, 1.807) is 6.07 Å².